The largest absolute Gasteiger partial charge is 0.384 e. The Labute approximate surface area is 118 Å². The van der Waals surface area contributed by atoms with Crippen LogP contribution in [0.15, 0.2) is 22.8 Å². The second-order valence-corrected chi connectivity index (χ2v) is 5.64. The lowest BCUT2D eigenvalue weighted by Gasteiger charge is -2.21. The molecule has 3 nitrogen and oxygen atoms in total. The van der Waals surface area contributed by atoms with Crippen LogP contribution in [-0.4, -0.2) is 31.3 Å². The monoisotopic (exact) mass is 314 g/mol. The number of aromatic nitrogens is 1. The van der Waals surface area contributed by atoms with Crippen LogP contribution in [0.2, 0.25) is 0 Å². The van der Waals surface area contributed by atoms with Crippen LogP contribution in [0, 0.1) is 5.92 Å². The zero-order valence-corrected chi connectivity index (χ0v) is 13.0. The van der Waals surface area contributed by atoms with Crippen molar-refractivity contribution >= 4 is 15.9 Å². The van der Waals surface area contributed by atoms with Gasteiger partial charge in [-0.2, -0.15) is 0 Å². The minimum atomic E-state index is 0.467. The Morgan fingerprint density at radius 1 is 1.44 bits per heavy atom. The van der Waals surface area contributed by atoms with Gasteiger partial charge < -0.3 is 10.1 Å². The number of halogens is 1. The second-order valence-electron chi connectivity index (χ2n) is 4.72. The molecule has 0 bridgehead atoms. The average molecular weight is 315 g/mol. The maximum atomic E-state index is 5.20. The molecule has 0 aliphatic carbocycles. The SMILES string of the molecule is CCNC(Cc1ccc(Br)cn1)CC(C)COC. The zero-order chi connectivity index (χ0) is 13.4. The third-order valence-electron chi connectivity index (χ3n) is 2.88. The van der Waals surface area contributed by atoms with Gasteiger partial charge in [-0.1, -0.05) is 13.8 Å². The summed E-state index contributed by atoms with van der Waals surface area (Å²) in [5.74, 6) is 0.564. The van der Waals surface area contributed by atoms with Gasteiger partial charge in [-0.3, -0.25) is 4.98 Å². The molecule has 0 saturated heterocycles. The molecule has 0 radical (unpaired) electrons. The molecule has 2 unspecified atom stereocenters. The van der Waals surface area contributed by atoms with E-state index in [0.29, 0.717) is 12.0 Å². The van der Waals surface area contributed by atoms with Gasteiger partial charge >= 0.3 is 0 Å². The van der Waals surface area contributed by atoms with Crippen LogP contribution >= 0.6 is 15.9 Å². The number of nitrogens with one attached hydrogen (secondary N) is 1. The number of rotatable bonds is 8. The quantitative estimate of drug-likeness (QED) is 0.801. The first-order valence-electron chi connectivity index (χ1n) is 6.48. The number of hydrogen-bond donors (Lipinski definition) is 1. The molecule has 1 aromatic heterocycles. The van der Waals surface area contributed by atoms with Crippen LogP contribution in [0.5, 0.6) is 0 Å². The Morgan fingerprint density at radius 3 is 2.78 bits per heavy atom. The Hall–Kier alpha value is -0.450. The van der Waals surface area contributed by atoms with E-state index in [1.807, 2.05) is 12.3 Å². The number of hydrogen-bond acceptors (Lipinski definition) is 3. The zero-order valence-electron chi connectivity index (χ0n) is 11.4. The first-order chi connectivity index (χ1) is 8.65. The predicted molar refractivity (Wildman–Crippen MR) is 78.8 cm³/mol. The first-order valence-corrected chi connectivity index (χ1v) is 7.27. The van der Waals surface area contributed by atoms with Crippen LogP contribution in [0.1, 0.15) is 26.0 Å². The smallest absolute Gasteiger partial charge is 0.0488 e. The lowest BCUT2D eigenvalue weighted by molar-refractivity contribution is 0.149. The highest BCUT2D eigenvalue weighted by Gasteiger charge is 2.13. The van der Waals surface area contributed by atoms with Gasteiger partial charge in [0, 0.05) is 42.5 Å². The van der Waals surface area contributed by atoms with Crippen LogP contribution in [-0.2, 0) is 11.2 Å². The van der Waals surface area contributed by atoms with Crippen LogP contribution in [0.3, 0.4) is 0 Å². The fourth-order valence-corrected chi connectivity index (χ4v) is 2.38. The fraction of sp³-hybridized carbons (Fsp3) is 0.643. The van der Waals surface area contributed by atoms with E-state index in [4.69, 9.17) is 4.74 Å². The van der Waals surface area contributed by atoms with Crippen molar-refractivity contribution in [3.63, 3.8) is 0 Å². The molecule has 102 valence electrons. The van der Waals surface area contributed by atoms with E-state index < -0.39 is 0 Å². The number of nitrogens with zero attached hydrogens (tertiary/aromatic N) is 1. The summed E-state index contributed by atoms with van der Waals surface area (Å²) in [6, 6.07) is 4.59. The number of pyridine rings is 1. The van der Waals surface area contributed by atoms with E-state index in [0.717, 1.165) is 36.2 Å². The van der Waals surface area contributed by atoms with Gasteiger partial charge in [0.2, 0.25) is 0 Å². The lowest BCUT2D eigenvalue weighted by Crippen LogP contribution is -2.33. The van der Waals surface area contributed by atoms with Crippen molar-refractivity contribution in [1.29, 1.82) is 0 Å². The molecule has 1 aromatic rings. The van der Waals surface area contributed by atoms with Gasteiger partial charge in [0.05, 0.1) is 0 Å². The molecule has 0 saturated carbocycles. The molecule has 0 amide bonds. The normalized spacial score (nSPS) is 14.4. The molecule has 0 aliphatic rings. The van der Waals surface area contributed by atoms with Gasteiger partial charge in [-0.25, -0.2) is 0 Å². The molecule has 1 rings (SSSR count). The third kappa shape index (κ3) is 5.94. The highest BCUT2D eigenvalue weighted by atomic mass is 79.9. The molecule has 1 N–H and O–H groups in total. The minimum absolute atomic E-state index is 0.467. The standard InChI is InChI=1S/C14H23BrN2O/c1-4-16-14(7-11(2)10-18-3)8-13-6-5-12(15)9-17-13/h5-6,9,11,14,16H,4,7-8,10H2,1-3H3. The van der Waals surface area contributed by atoms with Gasteiger partial charge in [-0.05, 0) is 46.9 Å². The summed E-state index contributed by atoms with van der Waals surface area (Å²) in [6.45, 7) is 6.17. The molecule has 4 heteroatoms. The van der Waals surface area contributed by atoms with Gasteiger partial charge in [-0.15, -0.1) is 0 Å². The summed E-state index contributed by atoms with van der Waals surface area (Å²) in [6.07, 6.45) is 3.94. The number of likely N-dealkylation sites (N-methyl/N-ethyl adjacent to an activating group) is 1. The number of methoxy groups -OCH3 is 1. The average Bonchev–Trinajstić information content (AvgIpc) is 2.32. The Bertz CT molecular complexity index is 329. The van der Waals surface area contributed by atoms with E-state index in [-0.39, 0.29) is 0 Å². The van der Waals surface area contributed by atoms with Gasteiger partial charge in [0.1, 0.15) is 0 Å². The molecular formula is C14H23BrN2O. The lowest BCUT2D eigenvalue weighted by atomic mass is 9.98. The van der Waals surface area contributed by atoms with Crippen molar-refractivity contribution in [2.45, 2.75) is 32.7 Å². The van der Waals surface area contributed by atoms with Gasteiger partial charge in [0.15, 0.2) is 0 Å². The third-order valence-corrected chi connectivity index (χ3v) is 3.34. The molecule has 0 spiro atoms. The minimum Gasteiger partial charge on any atom is -0.384 e. The maximum Gasteiger partial charge on any atom is 0.0488 e. The first kappa shape index (κ1) is 15.6. The summed E-state index contributed by atoms with van der Waals surface area (Å²) in [5.41, 5.74) is 1.13. The van der Waals surface area contributed by atoms with E-state index in [1.165, 1.54) is 0 Å². The van der Waals surface area contributed by atoms with Crippen molar-refractivity contribution < 1.29 is 4.74 Å². The predicted octanol–water partition coefficient (Wildman–Crippen LogP) is 3.04. The van der Waals surface area contributed by atoms with E-state index >= 15 is 0 Å². The van der Waals surface area contributed by atoms with E-state index in [2.05, 4.69) is 46.1 Å². The van der Waals surface area contributed by atoms with E-state index in [9.17, 15) is 0 Å². The Kier molecular flexibility index (Phi) is 7.47. The molecule has 0 aromatic carbocycles. The number of ether oxygens (including phenoxy) is 1. The molecular weight excluding hydrogens is 292 g/mol. The van der Waals surface area contributed by atoms with Crippen molar-refractivity contribution in [3.8, 4) is 0 Å². The van der Waals surface area contributed by atoms with Crippen molar-refractivity contribution in [1.82, 2.24) is 10.3 Å². The Morgan fingerprint density at radius 2 is 2.22 bits per heavy atom. The summed E-state index contributed by atoms with van der Waals surface area (Å²) < 4.78 is 6.23. The maximum absolute atomic E-state index is 5.20. The second kappa shape index (κ2) is 8.62. The molecule has 0 aliphatic heterocycles. The molecule has 2 atom stereocenters. The van der Waals surface area contributed by atoms with Gasteiger partial charge in [0.25, 0.3) is 0 Å². The molecule has 1 heterocycles. The van der Waals surface area contributed by atoms with Crippen LogP contribution in [0.4, 0.5) is 0 Å². The molecule has 18 heavy (non-hydrogen) atoms. The molecule has 0 fully saturated rings. The van der Waals surface area contributed by atoms with Crippen LogP contribution < -0.4 is 5.32 Å². The van der Waals surface area contributed by atoms with Crippen molar-refractivity contribution in [3.05, 3.63) is 28.5 Å². The summed E-state index contributed by atoms with van der Waals surface area (Å²) in [7, 11) is 1.76. The van der Waals surface area contributed by atoms with Crippen molar-refractivity contribution in [2.24, 2.45) is 5.92 Å². The topological polar surface area (TPSA) is 34.2 Å². The van der Waals surface area contributed by atoms with Crippen molar-refractivity contribution in [2.75, 3.05) is 20.3 Å². The Balaban J connectivity index is 2.53. The van der Waals surface area contributed by atoms with Crippen LogP contribution in [0.25, 0.3) is 0 Å². The summed E-state index contributed by atoms with van der Waals surface area (Å²) in [4.78, 5) is 4.44. The highest BCUT2D eigenvalue weighted by molar-refractivity contribution is 9.10. The summed E-state index contributed by atoms with van der Waals surface area (Å²) >= 11 is 3.41. The fourth-order valence-electron chi connectivity index (χ4n) is 2.15. The highest BCUT2D eigenvalue weighted by Crippen LogP contribution is 2.13. The van der Waals surface area contributed by atoms with E-state index in [1.54, 1.807) is 7.11 Å². The summed E-state index contributed by atoms with van der Waals surface area (Å²) in [5, 5.41) is 3.53.